The number of aryl methyl sites for hydroxylation is 1. The highest BCUT2D eigenvalue weighted by Gasteiger charge is 2.15. The fourth-order valence-electron chi connectivity index (χ4n) is 3.06. The molecule has 1 amide bonds. The van der Waals surface area contributed by atoms with Crippen molar-refractivity contribution in [1.29, 1.82) is 0 Å². The molecule has 1 aliphatic rings. The lowest BCUT2D eigenvalue weighted by molar-refractivity contribution is -0.122. The third kappa shape index (κ3) is 3.90. The number of hydrogen-bond donors (Lipinski definition) is 3. The van der Waals surface area contributed by atoms with Crippen LogP contribution in [0.3, 0.4) is 0 Å². The van der Waals surface area contributed by atoms with Crippen LogP contribution in [0, 0.1) is 0 Å². The second-order valence-electron chi connectivity index (χ2n) is 5.95. The molecule has 4 nitrogen and oxygen atoms in total. The number of carbonyl (C=O) groups is 1. The summed E-state index contributed by atoms with van der Waals surface area (Å²) in [6, 6.07) is 15.4. The van der Waals surface area contributed by atoms with Gasteiger partial charge in [0.1, 0.15) is 0 Å². The topological polar surface area (TPSA) is 61.4 Å². The number of anilines is 1. The Balaban J connectivity index is 1.57. The first-order valence-electron chi connectivity index (χ1n) is 8.12. The van der Waals surface area contributed by atoms with Gasteiger partial charge in [0.05, 0.1) is 18.2 Å². The molecule has 1 aliphatic carbocycles. The van der Waals surface area contributed by atoms with Gasteiger partial charge in [0.2, 0.25) is 5.91 Å². The Labute approximate surface area is 136 Å². The van der Waals surface area contributed by atoms with Gasteiger partial charge in [-0.1, -0.05) is 42.5 Å². The molecule has 2 aromatic rings. The number of benzene rings is 2. The summed E-state index contributed by atoms with van der Waals surface area (Å²) in [5.74, 6) is -0.227. The van der Waals surface area contributed by atoms with Crippen LogP contribution in [0.2, 0.25) is 0 Å². The number of rotatable bonds is 5. The fraction of sp³-hybridized carbons (Fsp3) is 0.316. The van der Waals surface area contributed by atoms with Crippen LogP contribution in [0.5, 0.6) is 0 Å². The average molecular weight is 310 g/mol. The Morgan fingerprint density at radius 2 is 1.83 bits per heavy atom. The molecule has 0 aromatic heterocycles. The van der Waals surface area contributed by atoms with Gasteiger partial charge in [-0.3, -0.25) is 15.6 Å². The molecule has 2 aromatic carbocycles. The Bertz CT molecular complexity index is 670. The van der Waals surface area contributed by atoms with Crippen LogP contribution in [0.15, 0.2) is 48.5 Å². The van der Waals surface area contributed by atoms with E-state index in [1.807, 2.05) is 42.5 Å². The van der Waals surface area contributed by atoms with E-state index in [4.69, 9.17) is 0 Å². The second-order valence-corrected chi connectivity index (χ2v) is 5.95. The minimum atomic E-state index is -0.789. The molecule has 1 atom stereocenters. The predicted octanol–water partition coefficient (Wildman–Crippen LogP) is 3.13. The summed E-state index contributed by atoms with van der Waals surface area (Å²) in [7, 11) is 0. The summed E-state index contributed by atoms with van der Waals surface area (Å²) in [5.41, 5.74) is 10.1. The molecular weight excluding hydrogens is 288 g/mol. The van der Waals surface area contributed by atoms with Crippen molar-refractivity contribution >= 4 is 11.6 Å². The summed E-state index contributed by atoms with van der Waals surface area (Å²) in [5, 5.41) is 10.1. The van der Waals surface area contributed by atoms with Gasteiger partial charge in [0.15, 0.2) is 0 Å². The molecular formula is C19H22N2O2. The van der Waals surface area contributed by atoms with Crippen molar-refractivity contribution in [3.63, 3.8) is 0 Å². The zero-order valence-corrected chi connectivity index (χ0v) is 13.1. The van der Waals surface area contributed by atoms with Gasteiger partial charge in [-0.25, -0.2) is 0 Å². The molecule has 0 aliphatic heterocycles. The monoisotopic (exact) mass is 310 g/mol. The van der Waals surface area contributed by atoms with Gasteiger partial charge in [-0.05, 0) is 48.4 Å². The lowest BCUT2D eigenvalue weighted by Gasteiger charge is -2.20. The van der Waals surface area contributed by atoms with Gasteiger partial charge in [-0.2, -0.15) is 0 Å². The smallest absolute Gasteiger partial charge is 0.241 e. The molecule has 0 bridgehead atoms. The van der Waals surface area contributed by atoms with Crippen LogP contribution >= 0.6 is 0 Å². The maximum atomic E-state index is 12.0. The standard InChI is InChI=1S/C19H22N2O2/c22-18(15-8-2-1-3-9-15)13-19(23)21-20-17-12-6-10-14-7-4-5-11-16(14)17/h1-3,6,8-10,12,18,20,22H,4-5,7,11,13H2,(H,21,23). The SMILES string of the molecule is O=C(CC(O)c1ccccc1)NNc1cccc2c1CCCC2. The molecule has 0 saturated heterocycles. The molecule has 3 rings (SSSR count). The molecule has 0 saturated carbocycles. The fourth-order valence-corrected chi connectivity index (χ4v) is 3.06. The molecule has 120 valence electrons. The zero-order chi connectivity index (χ0) is 16.1. The number of fused-ring (bicyclic) bond motifs is 1. The summed E-state index contributed by atoms with van der Waals surface area (Å²) < 4.78 is 0. The maximum absolute atomic E-state index is 12.0. The molecule has 0 spiro atoms. The Morgan fingerprint density at radius 1 is 1.04 bits per heavy atom. The molecule has 4 heteroatoms. The number of nitrogens with one attached hydrogen (secondary N) is 2. The Kier molecular flexibility index (Phi) is 4.93. The number of carbonyl (C=O) groups excluding carboxylic acids is 1. The number of amides is 1. The minimum Gasteiger partial charge on any atom is -0.388 e. The van der Waals surface area contributed by atoms with Gasteiger partial charge >= 0.3 is 0 Å². The van der Waals surface area contributed by atoms with Crippen molar-refractivity contribution in [2.24, 2.45) is 0 Å². The van der Waals surface area contributed by atoms with E-state index in [2.05, 4.69) is 16.9 Å². The summed E-state index contributed by atoms with van der Waals surface area (Å²) in [4.78, 5) is 12.0. The molecule has 23 heavy (non-hydrogen) atoms. The zero-order valence-electron chi connectivity index (χ0n) is 13.1. The lowest BCUT2D eigenvalue weighted by atomic mass is 9.90. The van der Waals surface area contributed by atoms with Crippen molar-refractivity contribution in [1.82, 2.24) is 5.43 Å². The largest absolute Gasteiger partial charge is 0.388 e. The van der Waals surface area contributed by atoms with Gasteiger partial charge in [-0.15, -0.1) is 0 Å². The van der Waals surface area contributed by atoms with Crippen LogP contribution in [-0.2, 0) is 17.6 Å². The third-order valence-corrected chi connectivity index (χ3v) is 4.30. The first kappa shape index (κ1) is 15.6. The first-order valence-corrected chi connectivity index (χ1v) is 8.12. The van der Waals surface area contributed by atoms with Crippen molar-refractivity contribution in [2.45, 2.75) is 38.2 Å². The molecule has 3 N–H and O–H groups in total. The van der Waals surface area contributed by atoms with Crippen molar-refractivity contribution in [3.05, 3.63) is 65.2 Å². The van der Waals surface area contributed by atoms with Crippen LogP contribution in [0.25, 0.3) is 0 Å². The van der Waals surface area contributed by atoms with E-state index in [9.17, 15) is 9.90 Å². The third-order valence-electron chi connectivity index (χ3n) is 4.30. The second kappa shape index (κ2) is 7.29. The number of hydrazine groups is 1. The number of hydrogen-bond acceptors (Lipinski definition) is 3. The van der Waals surface area contributed by atoms with Crippen molar-refractivity contribution in [3.8, 4) is 0 Å². The van der Waals surface area contributed by atoms with Crippen LogP contribution in [0.1, 0.15) is 42.1 Å². The first-order chi connectivity index (χ1) is 11.2. The highest BCUT2D eigenvalue weighted by molar-refractivity contribution is 5.78. The van der Waals surface area contributed by atoms with Gasteiger partial charge in [0.25, 0.3) is 0 Å². The van der Waals surface area contributed by atoms with Crippen LogP contribution < -0.4 is 10.9 Å². The van der Waals surface area contributed by atoms with E-state index in [0.717, 1.165) is 24.1 Å². The van der Waals surface area contributed by atoms with Crippen molar-refractivity contribution in [2.75, 3.05) is 5.43 Å². The van der Waals surface area contributed by atoms with E-state index in [1.54, 1.807) is 0 Å². The van der Waals surface area contributed by atoms with E-state index in [0.29, 0.717) is 0 Å². The quantitative estimate of drug-likeness (QED) is 0.744. The predicted molar refractivity (Wildman–Crippen MR) is 90.9 cm³/mol. The molecule has 0 fully saturated rings. The summed E-state index contributed by atoms with van der Waals surface area (Å²) in [6.07, 6.45) is 3.81. The average Bonchev–Trinajstić information content (AvgIpc) is 2.60. The van der Waals surface area contributed by atoms with E-state index in [1.165, 1.54) is 24.0 Å². The Morgan fingerprint density at radius 3 is 2.65 bits per heavy atom. The molecule has 0 radical (unpaired) electrons. The van der Waals surface area contributed by atoms with Crippen LogP contribution in [0.4, 0.5) is 5.69 Å². The van der Waals surface area contributed by atoms with Crippen molar-refractivity contribution < 1.29 is 9.90 Å². The number of aliphatic hydroxyl groups excluding tert-OH is 1. The number of aliphatic hydroxyl groups is 1. The molecule has 0 heterocycles. The summed E-state index contributed by atoms with van der Waals surface area (Å²) in [6.45, 7) is 0. The van der Waals surface area contributed by atoms with Gasteiger partial charge < -0.3 is 5.11 Å². The Hall–Kier alpha value is -2.33. The van der Waals surface area contributed by atoms with E-state index in [-0.39, 0.29) is 12.3 Å². The van der Waals surface area contributed by atoms with Gasteiger partial charge in [0, 0.05) is 0 Å². The van der Waals surface area contributed by atoms with E-state index < -0.39 is 6.10 Å². The normalized spacial score (nSPS) is 14.7. The van der Waals surface area contributed by atoms with Crippen LogP contribution in [-0.4, -0.2) is 11.0 Å². The maximum Gasteiger partial charge on any atom is 0.241 e. The highest BCUT2D eigenvalue weighted by Crippen LogP contribution is 2.27. The molecule has 1 unspecified atom stereocenters. The van der Waals surface area contributed by atoms with E-state index >= 15 is 0 Å². The highest BCUT2D eigenvalue weighted by atomic mass is 16.3. The summed E-state index contributed by atoms with van der Waals surface area (Å²) >= 11 is 0. The minimum absolute atomic E-state index is 0.0338. The lowest BCUT2D eigenvalue weighted by Crippen LogP contribution is -2.31.